The summed E-state index contributed by atoms with van der Waals surface area (Å²) in [5, 5.41) is 37.2. The molecule has 2 aromatic rings. The van der Waals surface area contributed by atoms with Gasteiger partial charge in [0.25, 0.3) is 15.6 Å². The van der Waals surface area contributed by atoms with Crippen LogP contribution in [-0.4, -0.2) is 126 Å². The Morgan fingerprint density at radius 1 is 1.00 bits per heavy atom. The summed E-state index contributed by atoms with van der Waals surface area (Å²) in [7, 11) is -17.7. The minimum atomic E-state index is -5.96. The summed E-state index contributed by atoms with van der Waals surface area (Å²) in [6, 6.07) is 0. The van der Waals surface area contributed by atoms with Crippen molar-refractivity contribution in [2.24, 2.45) is 39.9 Å². The number of nitrogens with zero attached hydrogens (tertiary/aromatic N) is 4. The topological polar surface area (TPSA) is 429 Å². The molecule has 0 spiro atoms. The van der Waals surface area contributed by atoms with Crippen LogP contribution in [0.1, 0.15) is 85.8 Å². The molecular formula is C40H58N7O20P3S-4. The Balaban J connectivity index is 0.907. The van der Waals surface area contributed by atoms with E-state index >= 15 is 0 Å². The lowest BCUT2D eigenvalue weighted by Crippen LogP contribution is -2.57. The van der Waals surface area contributed by atoms with Crippen LogP contribution in [0, 0.1) is 39.9 Å². The van der Waals surface area contributed by atoms with Crippen LogP contribution in [0.4, 0.5) is 5.82 Å². The Kier molecular flexibility index (Phi) is 17.7. The number of aromatic nitrogens is 4. The monoisotopic (exact) mass is 1080 g/mol. The van der Waals surface area contributed by atoms with E-state index in [0.29, 0.717) is 32.1 Å². The number of fused-ring (bicyclic) bond motifs is 4. The molecule has 3 aliphatic carbocycles. The van der Waals surface area contributed by atoms with Crippen LogP contribution in [0.25, 0.3) is 11.2 Å². The molecule has 27 nitrogen and oxygen atoms in total. The van der Waals surface area contributed by atoms with Crippen molar-refractivity contribution in [1.82, 2.24) is 30.2 Å². The van der Waals surface area contributed by atoms with Gasteiger partial charge < -0.3 is 74.1 Å². The van der Waals surface area contributed by atoms with Gasteiger partial charge in [0.15, 0.2) is 17.7 Å². The molecule has 4 unspecified atom stereocenters. The number of aliphatic hydroxyl groups excluding tert-OH is 3. The van der Waals surface area contributed by atoms with Crippen molar-refractivity contribution >= 4 is 80.7 Å². The van der Waals surface area contributed by atoms with Gasteiger partial charge in [0, 0.05) is 53.8 Å². The third kappa shape index (κ3) is 12.7. The van der Waals surface area contributed by atoms with Crippen molar-refractivity contribution in [3.8, 4) is 0 Å². The lowest BCUT2D eigenvalue weighted by Gasteiger charge is -2.57. The van der Waals surface area contributed by atoms with Crippen LogP contribution in [0.3, 0.4) is 0 Å². The summed E-state index contributed by atoms with van der Waals surface area (Å²) >= 11 is 0.811. The van der Waals surface area contributed by atoms with Gasteiger partial charge in [-0.3, -0.25) is 37.7 Å². The highest BCUT2D eigenvalue weighted by Crippen LogP contribution is 2.64. The molecule has 3 saturated carbocycles. The molecule has 2 aromatic heterocycles. The molecule has 14 atom stereocenters. The second kappa shape index (κ2) is 22.0. The van der Waals surface area contributed by atoms with Crippen molar-refractivity contribution in [2.45, 2.75) is 116 Å². The second-order valence-electron chi connectivity index (χ2n) is 19.4. The standard InChI is InChI=1S/C40H62N7O20P3S/c1-20(48)40(5)23-10-12-39(4)22(8-9-26(39)49)21(23)6-7-24(40)29(51)37(55)71-15-14-42-27(50)11-13-43-35(54)32(53)38(2,3)17-64-70(61,62)67-69(59,60)63-16-25-31(66-68(56,57)58)30(52)36(65-25)47-19-46-28-33(41)44-18-45-34(28)47/h18-19,21-25,29-32,36,51-53H,6-17H2,1-5H3,(H,42,50)(H,43,54)(H,59,60)(H,61,62)(H2,41,44,45)(H2,56,57,58)/p-4/t21-,22-,23-,24?,25+,29?,30+,31+,32-,36+,39-,40+/m0/s1. The van der Waals surface area contributed by atoms with E-state index in [-0.39, 0.29) is 71.6 Å². The number of hydrogen-bond acceptors (Lipinski definition) is 25. The molecular weight excluding hydrogens is 1020 g/mol. The van der Waals surface area contributed by atoms with Gasteiger partial charge in [-0.25, -0.2) is 19.3 Å². The number of ketones is 2. The van der Waals surface area contributed by atoms with E-state index < -0.39 is 113 Å². The molecule has 31 heteroatoms. The number of rotatable bonds is 22. The number of ether oxygens (including phenoxy) is 1. The first-order valence-corrected chi connectivity index (χ1v) is 28.0. The number of carbonyl (C=O) groups excluding carboxylic acids is 5. The van der Waals surface area contributed by atoms with Crippen LogP contribution >= 0.6 is 35.2 Å². The first-order chi connectivity index (χ1) is 32.9. The normalized spacial score (nSPS) is 31.5. The third-order valence-corrected chi connectivity index (χ3v) is 18.5. The number of nitrogens with two attached hydrogens (primary N) is 1. The van der Waals surface area contributed by atoms with E-state index in [1.807, 2.05) is 13.8 Å². The molecule has 71 heavy (non-hydrogen) atoms. The highest BCUT2D eigenvalue weighted by molar-refractivity contribution is 8.13. The summed E-state index contributed by atoms with van der Waals surface area (Å²) in [6.45, 7) is 5.08. The fourth-order valence-electron chi connectivity index (χ4n) is 10.7. The lowest BCUT2D eigenvalue weighted by molar-refractivity contribution is -0.347. The van der Waals surface area contributed by atoms with Gasteiger partial charge in [0.1, 0.15) is 53.9 Å². The van der Waals surface area contributed by atoms with Crippen LogP contribution < -0.4 is 35.9 Å². The summed E-state index contributed by atoms with van der Waals surface area (Å²) in [5.74, 6) is -1.81. The molecule has 4 aliphatic rings. The van der Waals surface area contributed by atoms with Crippen molar-refractivity contribution < 1.29 is 95.2 Å². The molecule has 4 fully saturated rings. The van der Waals surface area contributed by atoms with E-state index in [1.54, 1.807) is 0 Å². The molecule has 2 amide bonds. The molecule has 6 rings (SSSR count). The number of phosphoric acid groups is 3. The maximum absolute atomic E-state index is 13.3. The number of anilines is 1. The number of carbonyl (C=O) groups is 5. The summed E-state index contributed by atoms with van der Waals surface area (Å²) in [5.41, 5.74) is 2.65. The fraction of sp³-hybridized carbons (Fsp3) is 0.750. The Labute approximate surface area is 411 Å². The largest absolute Gasteiger partial charge is 0.790 e. The number of thioether (sulfide) groups is 1. The maximum Gasteiger partial charge on any atom is 0.274 e. The summed E-state index contributed by atoms with van der Waals surface area (Å²) in [6.07, 6.45) is -5.47. The van der Waals surface area contributed by atoms with E-state index in [4.69, 9.17) is 10.5 Å². The molecule has 1 aliphatic heterocycles. The predicted molar refractivity (Wildman–Crippen MR) is 238 cm³/mol. The maximum atomic E-state index is 13.3. The Morgan fingerprint density at radius 2 is 1.69 bits per heavy atom. The Morgan fingerprint density at radius 3 is 2.37 bits per heavy atom. The number of nitrogens with one attached hydrogen (secondary N) is 2. The quantitative estimate of drug-likeness (QED) is 0.0578. The van der Waals surface area contributed by atoms with Crippen LogP contribution in [0.15, 0.2) is 12.7 Å². The van der Waals surface area contributed by atoms with Crippen LogP contribution in [0.5, 0.6) is 0 Å². The molecule has 0 radical (unpaired) electrons. The number of nitrogen functional groups attached to an aromatic ring is 1. The summed E-state index contributed by atoms with van der Waals surface area (Å²) in [4.78, 5) is 124. The fourth-order valence-corrected chi connectivity index (χ4v) is 14.1. The molecule has 7 N–H and O–H groups in total. The molecule has 0 bridgehead atoms. The number of phosphoric ester groups is 3. The highest BCUT2D eigenvalue weighted by atomic mass is 32.2. The average Bonchev–Trinajstić information content (AvgIpc) is 3.94. The van der Waals surface area contributed by atoms with Gasteiger partial charge in [-0.2, -0.15) is 0 Å². The lowest BCUT2D eigenvalue weighted by atomic mass is 9.46. The van der Waals surface area contributed by atoms with Crippen molar-refractivity contribution in [2.75, 3.05) is 37.8 Å². The SMILES string of the molecule is CC(=O)[C@@]1(C)C(C(O)C(=O)SCCNC(=O)CCNC(=O)[C@H](O)C(C)(C)COP(=O)([O-])OP(=O)([O-])OC[C@H]2O[C@@H](n3cnc4c(N)ncnc43)[C@H](O)[C@@H]2OP(=O)([O-])[O-])CC[C@@H]2[C@@H]1CC[C@]1(C)C(=O)CC[C@@H]21. The molecule has 1 saturated heterocycles. The van der Waals surface area contributed by atoms with Gasteiger partial charge in [0.05, 0.1) is 27.4 Å². The zero-order valence-corrected chi connectivity index (χ0v) is 42.8. The van der Waals surface area contributed by atoms with Crippen LogP contribution in [-0.2, 0) is 60.3 Å². The first kappa shape index (κ1) is 57.1. The van der Waals surface area contributed by atoms with Crippen molar-refractivity contribution in [3.63, 3.8) is 0 Å². The number of hydrogen-bond donors (Lipinski definition) is 6. The Hall–Kier alpha value is -3.14. The molecule has 3 heterocycles. The van der Waals surface area contributed by atoms with E-state index in [0.717, 1.165) is 35.4 Å². The minimum Gasteiger partial charge on any atom is -0.790 e. The van der Waals surface area contributed by atoms with Gasteiger partial charge in [-0.15, -0.1) is 0 Å². The van der Waals surface area contributed by atoms with Gasteiger partial charge in [0.2, 0.25) is 16.9 Å². The summed E-state index contributed by atoms with van der Waals surface area (Å²) < 4.78 is 61.0. The zero-order chi connectivity index (χ0) is 52.6. The van der Waals surface area contributed by atoms with E-state index in [1.165, 1.54) is 20.8 Å². The smallest absolute Gasteiger partial charge is 0.274 e. The van der Waals surface area contributed by atoms with Crippen LogP contribution in [0.2, 0.25) is 0 Å². The number of amides is 2. The highest BCUT2D eigenvalue weighted by Gasteiger charge is 2.62. The van der Waals surface area contributed by atoms with Gasteiger partial charge in [-0.05, 0) is 56.8 Å². The second-order valence-corrected chi connectivity index (χ2v) is 24.6. The van der Waals surface area contributed by atoms with E-state index in [9.17, 15) is 72.6 Å². The Bertz CT molecular complexity index is 2500. The first-order valence-electron chi connectivity index (χ1n) is 22.6. The number of aliphatic hydroxyl groups is 3. The minimum absolute atomic E-state index is 0.00442. The van der Waals surface area contributed by atoms with Crippen molar-refractivity contribution in [3.05, 3.63) is 12.7 Å². The zero-order valence-electron chi connectivity index (χ0n) is 39.3. The van der Waals surface area contributed by atoms with E-state index in [2.05, 4.69) is 43.5 Å². The van der Waals surface area contributed by atoms with Crippen molar-refractivity contribution in [1.29, 1.82) is 0 Å². The van der Waals surface area contributed by atoms with Gasteiger partial charge >= 0.3 is 0 Å². The number of Topliss-reactive ketones (excluding diaryl/α,β-unsaturated/α-hetero) is 2. The number of imidazole rings is 1. The average molecular weight is 1080 g/mol. The third-order valence-electron chi connectivity index (χ3n) is 14.6. The molecule has 398 valence electrons. The predicted octanol–water partition coefficient (Wildman–Crippen LogP) is -1.49. The molecule has 0 aromatic carbocycles. The van der Waals surface area contributed by atoms with Gasteiger partial charge in [-0.1, -0.05) is 39.5 Å².